The number of rotatable bonds is 7. The predicted molar refractivity (Wildman–Crippen MR) is 156 cm³/mol. The predicted octanol–water partition coefficient (Wildman–Crippen LogP) is 4.81. The third-order valence-electron chi connectivity index (χ3n) is 6.46. The van der Waals surface area contributed by atoms with Gasteiger partial charge in [0.2, 0.25) is 10.0 Å². The zero-order valence-corrected chi connectivity index (χ0v) is 24.9. The van der Waals surface area contributed by atoms with E-state index in [2.05, 4.69) is 5.43 Å². The quantitative estimate of drug-likeness (QED) is 0.397. The van der Waals surface area contributed by atoms with Crippen molar-refractivity contribution in [1.82, 2.24) is 14.7 Å². The van der Waals surface area contributed by atoms with E-state index in [0.29, 0.717) is 12.2 Å². The van der Waals surface area contributed by atoms with Crippen molar-refractivity contribution in [2.45, 2.75) is 54.7 Å². The molecule has 2 atom stereocenters. The fourth-order valence-corrected chi connectivity index (χ4v) is 7.47. The van der Waals surface area contributed by atoms with Gasteiger partial charge in [0, 0.05) is 24.6 Å². The van der Waals surface area contributed by atoms with Gasteiger partial charge in [0.05, 0.1) is 12.0 Å². The standard InChI is InChI=1S/C29H35N3O6S2/c1-29(2,3)38-28(34)30-31(4)27(33)26-17-24(39-19-20-10-13-23(37-5)14-11-20)18-32(26)40(35,36)25-15-12-21-8-6-7-9-22(21)16-25/h6-16,24,26H,17-19H2,1-5H3,(H,30,34)/t24-,26+/m1/s1. The molecular formula is C29H35N3O6S2. The Labute approximate surface area is 239 Å². The number of hydrazine groups is 1. The van der Waals surface area contributed by atoms with Crippen molar-refractivity contribution < 1.29 is 27.5 Å². The smallest absolute Gasteiger partial charge is 0.426 e. The number of nitrogens with zero attached hydrogens (tertiary/aromatic N) is 2. The summed E-state index contributed by atoms with van der Waals surface area (Å²) in [5, 5.41) is 2.59. The van der Waals surface area contributed by atoms with Crippen molar-refractivity contribution >= 4 is 44.6 Å². The second kappa shape index (κ2) is 12.1. The number of likely N-dealkylation sites (N-methyl/N-ethyl adjacent to an activating group) is 1. The fourth-order valence-electron chi connectivity index (χ4n) is 4.50. The number of amides is 2. The number of hydrogen-bond donors (Lipinski definition) is 1. The molecule has 1 saturated heterocycles. The van der Waals surface area contributed by atoms with Gasteiger partial charge in [-0.3, -0.25) is 9.80 Å². The topological polar surface area (TPSA) is 105 Å². The molecule has 9 nitrogen and oxygen atoms in total. The van der Waals surface area contributed by atoms with Crippen LogP contribution in [0.15, 0.2) is 71.6 Å². The van der Waals surface area contributed by atoms with Crippen LogP contribution in [0.3, 0.4) is 0 Å². The van der Waals surface area contributed by atoms with E-state index in [1.165, 1.54) is 11.4 Å². The van der Waals surface area contributed by atoms with Gasteiger partial charge in [-0.25, -0.2) is 18.6 Å². The van der Waals surface area contributed by atoms with Gasteiger partial charge in [0.1, 0.15) is 17.4 Å². The number of carbonyl (C=O) groups excluding carboxylic acids is 2. The minimum Gasteiger partial charge on any atom is -0.497 e. The molecule has 0 aromatic heterocycles. The van der Waals surface area contributed by atoms with E-state index in [0.717, 1.165) is 27.1 Å². The van der Waals surface area contributed by atoms with Crippen LogP contribution in [0.25, 0.3) is 10.8 Å². The number of ether oxygens (including phenoxy) is 2. The first kappa shape index (κ1) is 29.7. The third kappa shape index (κ3) is 7.07. The van der Waals surface area contributed by atoms with Crippen LogP contribution in [-0.2, 0) is 25.3 Å². The Hall–Kier alpha value is -3.28. The van der Waals surface area contributed by atoms with Gasteiger partial charge in [-0.05, 0) is 67.8 Å². The third-order valence-corrected chi connectivity index (χ3v) is 9.65. The van der Waals surface area contributed by atoms with E-state index in [4.69, 9.17) is 9.47 Å². The molecule has 2 amide bonds. The Morgan fingerprint density at radius 2 is 1.73 bits per heavy atom. The van der Waals surface area contributed by atoms with Crippen molar-refractivity contribution in [2.75, 3.05) is 20.7 Å². The molecular weight excluding hydrogens is 550 g/mol. The Kier molecular flexibility index (Phi) is 8.96. The number of nitrogens with one attached hydrogen (secondary N) is 1. The first-order valence-electron chi connectivity index (χ1n) is 12.9. The van der Waals surface area contributed by atoms with Crippen LogP contribution in [-0.4, -0.2) is 67.3 Å². The molecule has 3 aromatic rings. The fraction of sp³-hybridized carbons (Fsp3) is 0.379. The van der Waals surface area contributed by atoms with Crippen molar-refractivity contribution in [1.29, 1.82) is 0 Å². The van der Waals surface area contributed by atoms with E-state index < -0.39 is 33.7 Å². The lowest BCUT2D eigenvalue weighted by atomic mass is 10.1. The first-order chi connectivity index (χ1) is 18.9. The van der Waals surface area contributed by atoms with E-state index in [9.17, 15) is 18.0 Å². The van der Waals surface area contributed by atoms with Crippen molar-refractivity contribution in [3.05, 3.63) is 72.3 Å². The molecule has 0 saturated carbocycles. The van der Waals surface area contributed by atoms with Gasteiger partial charge in [-0.15, -0.1) is 0 Å². The Morgan fingerprint density at radius 3 is 2.38 bits per heavy atom. The van der Waals surface area contributed by atoms with Crippen LogP contribution in [0, 0.1) is 0 Å². The molecule has 1 aliphatic rings. The van der Waals surface area contributed by atoms with Crippen molar-refractivity contribution in [2.24, 2.45) is 0 Å². The minimum absolute atomic E-state index is 0.118. The SMILES string of the molecule is COc1ccc(CS[C@@H]2C[C@@H](C(=O)N(C)NC(=O)OC(C)(C)C)N(S(=O)(=O)c3ccc4ccccc4c3)C2)cc1. The molecule has 1 fully saturated rings. The number of thioether (sulfide) groups is 1. The lowest BCUT2D eigenvalue weighted by molar-refractivity contribution is -0.136. The summed E-state index contributed by atoms with van der Waals surface area (Å²) >= 11 is 1.59. The summed E-state index contributed by atoms with van der Waals surface area (Å²) in [6.45, 7) is 5.31. The maximum atomic E-state index is 13.9. The van der Waals surface area contributed by atoms with E-state index in [1.807, 2.05) is 48.5 Å². The van der Waals surface area contributed by atoms with Gasteiger partial charge in [0.25, 0.3) is 5.91 Å². The van der Waals surface area contributed by atoms with Gasteiger partial charge in [0.15, 0.2) is 0 Å². The van der Waals surface area contributed by atoms with Crippen LogP contribution in [0.1, 0.15) is 32.8 Å². The molecule has 4 rings (SSSR count). The highest BCUT2D eigenvalue weighted by Crippen LogP contribution is 2.35. The molecule has 0 aliphatic carbocycles. The number of methoxy groups -OCH3 is 1. The molecule has 214 valence electrons. The summed E-state index contributed by atoms with van der Waals surface area (Å²) in [7, 11) is -1.02. The second-order valence-electron chi connectivity index (χ2n) is 10.6. The average Bonchev–Trinajstić information content (AvgIpc) is 3.35. The van der Waals surface area contributed by atoms with Gasteiger partial charge in [-0.1, -0.05) is 42.5 Å². The van der Waals surface area contributed by atoms with Crippen molar-refractivity contribution in [3.8, 4) is 5.75 Å². The summed E-state index contributed by atoms with van der Waals surface area (Å²) in [6.07, 6.45) is -0.497. The lowest BCUT2D eigenvalue weighted by Gasteiger charge is -2.28. The van der Waals surface area contributed by atoms with Crippen LogP contribution in [0.5, 0.6) is 5.75 Å². The van der Waals surface area contributed by atoms with Crippen LogP contribution >= 0.6 is 11.8 Å². The number of hydrogen-bond acceptors (Lipinski definition) is 7. The molecule has 1 aliphatic heterocycles. The molecule has 0 radical (unpaired) electrons. The minimum atomic E-state index is -4.03. The summed E-state index contributed by atoms with van der Waals surface area (Å²) in [4.78, 5) is 26.0. The largest absolute Gasteiger partial charge is 0.497 e. The number of carbonyl (C=O) groups is 2. The number of sulfonamides is 1. The number of benzene rings is 3. The summed E-state index contributed by atoms with van der Waals surface area (Å²) in [5.74, 6) is 0.863. The maximum absolute atomic E-state index is 13.9. The molecule has 1 heterocycles. The summed E-state index contributed by atoms with van der Waals surface area (Å²) in [5.41, 5.74) is 2.72. The first-order valence-corrected chi connectivity index (χ1v) is 15.4. The van der Waals surface area contributed by atoms with Gasteiger partial charge in [-0.2, -0.15) is 16.1 Å². The Bertz CT molecular complexity index is 1470. The average molecular weight is 586 g/mol. The Balaban J connectivity index is 1.57. The molecule has 40 heavy (non-hydrogen) atoms. The lowest BCUT2D eigenvalue weighted by Crippen LogP contribution is -2.53. The van der Waals surface area contributed by atoms with E-state index >= 15 is 0 Å². The highest BCUT2D eigenvalue weighted by atomic mass is 32.2. The summed E-state index contributed by atoms with van der Waals surface area (Å²) in [6, 6.07) is 19.2. The van der Waals surface area contributed by atoms with E-state index in [-0.39, 0.29) is 16.7 Å². The molecule has 11 heteroatoms. The second-order valence-corrected chi connectivity index (χ2v) is 13.8. The Morgan fingerprint density at radius 1 is 1.05 bits per heavy atom. The summed E-state index contributed by atoms with van der Waals surface area (Å²) < 4.78 is 39.6. The molecule has 1 N–H and O–H groups in total. The highest BCUT2D eigenvalue weighted by molar-refractivity contribution is 7.99. The highest BCUT2D eigenvalue weighted by Gasteiger charge is 2.45. The van der Waals surface area contributed by atoms with Gasteiger partial charge >= 0.3 is 6.09 Å². The molecule has 0 spiro atoms. The van der Waals surface area contributed by atoms with E-state index in [1.54, 1.807) is 57.8 Å². The number of fused-ring (bicyclic) bond motifs is 1. The van der Waals surface area contributed by atoms with Crippen LogP contribution in [0.2, 0.25) is 0 Å². The zero-order valence-electron chi connectivity index (χ0n) is 23.3. The van der Waals surface area contributed by atoms with Crippen LogP contribution in [0.4, 0.5) is 4.79 Å². The molecule has 0 bridgehead atoms. The molecule has 0 unspecified atom stereocenters. The van der Waals surface area contributed by atoms with Crippen molar-refractivity contribution in [3.63, 3.8) is 0 Å². The maximum Gasteiger partial charge on any atom is 0.426 e. The zero-order chi connectivity index (χ0) is 29.1. The monoisotopic (exact) mass is 585 g/mol. The molecule has 3 aromatic carbocycles. The normalized spacial score (nSPS) is 17.9. The van der Waals surface area contributed by atoms with Gasteiger partial charge < -0.3 is 9.47 Å². The van der Waals surface area contributed by atoms with Crippen LogP contribution < -0.4 is 10.2 Å².